The van der Waals surface area contributed by atoms with Crippen molar-refractivity contribution < 1.29 is 18.7 Å². The van der Waals surface area contributed by atoms with Crippen LogP contribution in [0.3, 0.4) is 0 Å². The smallest absolute Gasteiger partial charge is 0.362 e. The molecule has 0 unspecified atom stereocenters. The fourth-order valence-electron chi connectivity index (χ4n) is 0.544. The van der Waals surface area contributed by atoms with Gasteiger partial charge in [-0.05, 0) is 12.5 Å². The molecule has 66 valence electrons. The maximum absolute atomic E-state index is 11.3. The van der Waals surface area contributed by atoms with Crippen LogP contribution in [0.1, 0.15) is 6.92 Å². The Morgan fingerprint density at radius 1 is 1.55 bits per heavy atom. The topological polar surface area (TPSA) is 55.8 Å². The van der Waals surface area contributed by atoms with Crippen molar-refractivity contribution in [2.45, 2.75) is 12.8 Å². The Morgan fingerprint density at radius 3 is 2.00 bits per heavy atom. The molecule has 0 aliphatic carbocycles. The summed E-state index contributed by atoms with van der Waals surface area (Å²) in [6.45, 7) is 4.99. The van der Waals surface area contributed by atoms with Crippen molar-refractivity contribution in [3.05, 3.63) is 12.2 Å². The lowest BCUT2D eigenvalue weighted by molar-refractivity contribution is 0.194. The standard InChI is InChI=1S/C6H13O4P/c1-5(2)6(7)11(8,9-3)10-4/h6-7H,1H2,2-4H3/t6-/m0/s1. The van der Waals surface area contributed by atoms with Crippen molar-refractivity contribution in [2.24, 2.45) is 0 Å². The van der Waals surface area contributed by atoms with Crippen LogP contribution in [0.2, 0.25) is 0 Å². The van der Waals surface area contributed by atoms with Gasteiger partial charge in [-0.1, -0.05) is 6.58 Å². The largest absolute Gasteiger partial charge is 0.376 e. The summed E-state index contributed by atoms with van der Waals surface area (Å²) in [6.07, 6.45) is 0. The Bertz CT molecular complexity index is 181. The predicted molar refractivity (Wildman–Crippen MR) is 42.4 cm³/mol. The first-order valence-electron chi connectivity index (χ1n) is 3.02. The maximum atomic E-state index is 11.3. The van der Waals surface area contributed by atoms with Gasteiger partial charge < -0.3 is 14.2 Å². The molecule has 0 aromatic heterocycles. The van der Waals surface area contributed by atoms with Gasteiger partial charge in [0.1, 0.15) is 0 Å². The number of aliphatic hydroxyl groups is 1. The van der Waals surface area contributed by atoms with Crippen LogP contribution in [0.4, 0.5) is 0 Å². The molecule has 1 atom stereocenters. The van der Waals surface area contributed by atoms with E-state index in [2.05, 4.69) is 15.6 Å². The lowest BCUT2D eigenvalue weighted by atomic mass is 10.4. The van der Waals surface area contributed by atoms with E-state index in [1.54, 1.807) is 6.92 Å². The molecule has 0 bridgehead atoms. The van der Waals surface area contributed by atoms with E-state index in [-0.39, 0.29) is 0 Å². The molecule has 0 amide bonds. The van der Waals surface area contributed by atoms with Crippen molar-refractivity contribution in [2.75, 3.05) is 14.2 Å². The zero-order valence-corrected chi connectivity index (χ0v) is 7.80. The summed E-state index contributed by atoms with van der Waals surface area (Å²) in [5.74, 6) is -1.24. The second-order valence-corrected chi connectivity index (χ2v) is 4.42. The van der Waals surface area contributed by atoms with Crippen molar-refractivity contribution in [1.82, 2.24) is 0 Å². The normalized spacial score (nSPS) is 14.5. The predicted octanol–water partition coefficient (Wildman–Crippen LogP) is 1.37. The summed E-state index contributed by atoms with van der Waals surface area (Å²) < 4.78 is 20.4. The summed E-state index contributed by atoms with van der Waals surface area (Å²) in [4.78, 5) is 0. The molecular formula is C6H13O4P. The van der Waals surface area contributed by atoms with Crippen LogP contribution in [0.5, 0.6) is 0 Å². The molecule has 1 N–H and O–H groups in total. The van der Waals surface area contributed by atoms with E-state index in [1.807, 2.05) is 0 Å². The van der Waals surface area contributed by atoms with Gasteiger partial charge in [-0.15, -0.1) is 0 Å². The zero-order chi connectivity index (χ0) is 9.07. The van der Waals surface area contributed by atoms with Gasteiger partial charge >= 0.3 is 7.60 Å². The Labute approximate surface area is 66.4 Å². The molecule has 4 nitrogen and oxygen atoms in total. The summed E-state index contributed by atoms with van der Waals surface area (Å²) in [5, 5.41) is 9.23. The highest BCUT2D eigenvalue weighted by molar-refractivity contribution is 7.54. The van der Waals surface area contributed by atoms with Crippen LogP contribution < -0.4 is 0 Å². The molecule has 5 heteroatoms. The second kappa shape index (κ2) is 4.02. The molecule has 0 heterocycles. The first-order chi connectivity index (χ1) is 4.98. The first kappa shape index (κ1) is 10.8. The van der Waals surface area contributed by atoms with Gasteiger partial charge in [0.25, 0.3) is 0 Å². The number of hydrogen-bond acceptors (Lipinski definition) is 4. The highest BCUT2D eigenvalue weighted by Gasteiger charge is 2.32. The van der Waals surface area contributed by atoms with Crippen LogP contribution in [-0.2, 0) is 13.6 Å². The van der Waals surface area contributed by atoms with E-state index in [0.717, 1.165) is 0 Å². The number of hydrogen-bond donors (Lipinski definition) is 1. The van der Waals surface area contributed by atoms with Crippen molar-refractivity contribution in [3.63, 3.8) is 0 Å². The third-order valence-electron chi connectivity index (χ3n) is 1.25. The van der Waals surface area contributed by atoms with E-state index in [0.29, 0.717) is 5.57 Å². The van der Waals surface area contributed by atoms with Crippen molar-refractivity contribution in [3.8, 4) is 0 Å². The summed E-state index contributed by atoms with van der Waals surface area (Å²) >= 11 is 0. The monoisotopic (exact) mass is 180 g/mol. The average Bonchev–Trinajstić information content (AvgIpc) is 2.01. The van der Waals surface area contributed by atoms with Gasteiger partial charge in [-0.2, -0.15) is 0 Å². The molecule has 0 radical (unpaired) electrons. The molecule has 0 saturated heterocycles. The lowest BCUT2D eigenvalue weighted by Crippen LogP contribution is -2.10. The third kappa shape index (κ3) is 2.42. The molecule has 0 aliphatic rings. The van der Waals surface area contributed by atoms with E-state index < -0.39 is 13.4 Å². The fraction of sp³-hybridized carbons (Fsp3) is 0.667. The van der Waals surface area contributed by atoms with Crippen LogP contribution in [0.15, 0.2) is 12.2 Å². The van der Waals surface area contributed by atoms with Gasteiger partial charge in [0, 0.05) is 14.2 Å². The van der Waals surface area contributed by atoms with E-state index in [1.165, 1.54) is 14.2 Å². The number of aliphatic hydroxyl groups excluding tert-OH is 1. The van der Waals surface area contributed by atoms with E-state index in [4.69, 9.17) is 0 Å². The Kier molecular flexibility index (Phi) is 3.97. The highest BCUT2D eigenvalue weighted by Crippen LogP contribution is 2.52. The van der Waals surface area contributed by atoms with Crippen LogP contribution in [0.25, 0.3) is 0 Å². The molecule has 0 rings (SSSR count). The first-order valence-corrected chi connectivity index (χ1v) is 4.63. The fourth-order valence-corrected chi connectivity index (χ4v) is 1.63. The summed E-state index contributed by atoms with van der Waals surface area (Å²) in [7, 11) is -0.935. The Hall–Kier alpha value is -0.150. The Balaban J connectivity index is 4.51. The Morgan fingerprint density at radius 2 is 1.91 bits per heavy atom. The molecule has 11 heavy (non-hydrogen) atoms. The van der Waals surface area contributed by atoms with Gasteiger partial charge in [-0.25, -0.2) is 0 Å². The highest BCUT2D eigenvalue weighted by atomic mass is 31.2. The minimum atomic E-state index is -3.37. The molecule has 0 saturated carbocycles. The SMILES string of the molecule is C=C(C)[C@@H](O)P(=O)(OC)OC. The quantitative estimate of drug-likeness (QED) is 0.524. The van der Waals surface area contributed by atoms with Crippen LogP contribution in [-0.4, -0.2) is 25.2 Å². The van der Waals surface area contributed by atoms with Crippen LogP contribution >= 0.6 is 7.60 Å². The van der Waals surface area contributed by atoms with Gasteiger partial charge in [0.15, 0.2) is 5.85 Å². The maximum Gasteiger partial charge on any atom is 0.362 e. The van der Waals surface area contributed by atoms with Crippen LogP contribution in [0, 0.1) is 0 Å². The number of rotatable bonds is 4. The van der Waals surface area contributed by atoms with E-state index in [9.17, 15) is 9.67 Å². The summed E-state index contributed by atoms with van der Waals surface area (Å²) in [5.41, 5.74) is 0.358. The molecular weight excluding hydrogens is 167 g/mol. The van der Waals surface area contributed by atoms with E-state index >= 15 is 0 Å². The lowest BCUT2D eigenvalue weighted by Gasteiger charge is -2.19. The molecule has 0 fully saturated rings. The molecule has 0 aromatic carbocycles. The molecule has 0 spiro atoms. The third-order valence-corrected chi connectivity index (χ3v) is 3.31. The van der Waals surface area contributed by atoms with Crippen molar-refractivity contribution in [1.29, 1.82) is 0 Å². The summed E-state index contributed by atoms with van der Waals surface area (Å²) in [6, 6.07) is 0. The second-order valence-electron chi connectivity index (χ2n) is 2.13. The minimum Gasteiger partial charge on any atom is -0.376 e. The van der Waals surface area contributed by atoms with Gasteiger partial charge in [0.05, 0.1) is 0 Å². The molecule has 0 aliphatic heterocycles. The molecule has 0 aromatic rings. The zero-order valence-electron chi connectivity index (χ0n) is 6.90. The van der Waals surface area contributed by atoms with Gasteiger partial charge in [0.2, 0.25) is 0 Å². The van der Waals surface area contributed by atoms with Gasteiger partial charge in [-0.3, -0.25) is 4.57 Å². The van der Waals surface area contributed by atoms with Crippen molar-refractivity contribution >= 4 is 7.60 Å². The average molecular weight is 180 g/mol. The minimum absolute atomic E-state index is 0.358.